The Morgan fingerprint density at radius 1 is 1.19 bits per heavy atom. The molecule has 1 aliphatic heterocycles. The van der Waals surface area contributed by atoms with Crippen molar-refractivity contribution in [2.24, 2.45) is 5.92 Å². The van der Waals surface area contributed by atoms with E-state index in [9.17, 15) is 14.4 Å². The minimum Gasteiger partial charge on any atom is -0.326 e. The number of rotatable bonds is 4. The number of nitrogens with zero attached hydrogens (tertiary/aromatic N) is 1. The lowest BCUT2D eigenvalue weighted by atomic mass is 10.1. The Morgan fingerprint density at radius 3 is 2.69 bits per heavy atom. The van der Waals surface area contributed by atoms with Gasteiger partial charge in [-0.25, -0.2) is 0 Å². The van der Waals surface area contributed by atoms with Crippen molar-refractivity contribution in [3.05, 3.63) is 58.6 Å². The second kappa shape index (κ2) is 7.30. The summed E-state index contributed by atoms with van der Waals surface area (Å²) in [4.78, 5) is 38.1. The maximum absolute atomic E-state index is 12.6. The lowest BCUT2D eigenvalue weighted by Crippen LogP contribution is -2.28. The molecule has 5 nitrogen and oxygen atoms in total. The predicted molar refractivity (Wildman–Crippen MR) is 102 cm³/mol. The molecule has 1 unspecified atom stereocenters. The average Bonchev–Trinajstić information content (AvgIpc) is 2.99. The molecule has 2 aromatic carbocycles. The Labute approximate surface area is 156 Å². The highest BCUT2D eigenvalue weighted by molar-refractivity contribution is 6.31. The number of aryl methyl sites for hydroxylation is 1. The molecule has 26 heavy (non-hydrogen) atoms. The number of halogens is 1. The van der Waals surface area contributed by atoms with Crippen molar-refractivity contribution in [2.45, 2.75) is 20.3 Å². The molecule has 134 valence electrons. The standard InChI is InChI=1S/C20H19ClN2O3/c1-12-6-7-16(21)10-18(12)23-11-15(9-19(23)25)20(26)22-17-5-3-4-14(8-17)13(2)24/h3-8,10,15H,9,11H2,1-2H3,(H,22,26). The van der Waals surface area contributed by atoms with Crippen LogP contribution in [0.25, 0.3) is 0 Å². The first-order valence-electron chi connectivity index (χ1n) is 8.33. The fourth-order valence-electron chi connectivity index (χ4n) is 3.05. The molecule has 6 heteroatoms. The number of carbonyl (C=O) groups is 3. The van der Waals surface area contributed by atoms with Gasteiger partial charge in [-0.2, -0.15) is 0 Å². The van der Waals surface area contributed by atoms with Crippen molar-refractivity contribution in [3.8, 4) is 0 Å². The third-order valence-corrected chi connectivity index (χ3v) is 4.73. The second-order valence-electron chi connectivity index (χ2n) is 6.46. The lowest BCUT2D eigenvalue weighted by Gasteiger charge is -2.19. The quantitative estimate of drug-likeness (QED) is 0.831. The molecule has 1 fully saturated rings. The molecular weight excluding hydrogens is 352 g/mol. The molecule has 1 atom stereocenters. The summed E-state index contributed by atoms with van der Waals surface area (Å²) in [6, 6.07) is 12.1. The molecule has 0 spiro atoms. The van der Waals surface area contributed by atoms with Gasteiger partial charge in [-0.3, -0.25) is 14.4 Å². The molecule has 0 bridgehead atoms. The molecule has 1 N–H and O–H groups in total. The van der Waals surface area contributed by atoms with Gasteiger partial charge < -0.3 is 10.2 Å². The Morgan fingerprint density at radius 2 is 1.96 bits per heavy atom. The fourth-order valence-corrected chi connectivity index (χ4v) is 3.22. The number of amides is 2. The topological polar surface area (TPSA) is 66.5 Å². The van der Waals surface area contributed by atoms with Crippen LogP contribution in [0.4, 0.5) is 11.4 Å². The van der Waals surface area contributed by atoms with Gasteiger partial charge >= 0.3 is 0 Å². The number of anilines is 2. The van der Waals surface area contributed by atoms with Crippen LogP contribution in [0.3, 0.4) is 0 Å². The summed E-state index contributed by atoms with van der Waals surface area (Å²) in [5.74, 6) is -0.865. The Balaban J connectivity index is 1.74. The highest BCUT2D eigenvalue weighted by atomic mass is 35.5. The number of benzene rings is 2. The Bertz CT molecular complexity index is 894. The monoisotopic (exact) mass is 370 g/mol. The van der Waals surface area contributed by atoms with Gasteiger partial charge in [-0.1, -0.05) is 29.8 Å². The summed E-state index contributed by atoms with van der Waals surface area (Å²) < 4.78 is 0. The number of hydrogen-bond acceptors (Lipinski definition) is 3. The summed E-state index contributed by atoms with van der Waals surface area (Å²) in [6.45, 7) is 3.68. The molecule has 2 aromatic rings. The SMILES string of the molecule is CC(=O)c1cccc(NC(=O)C2CC(=O)N(c3cc(Cl)ccc3C)C2)c1. The predicted octanol–water partition coefficient (Wildman–Crippen LogP) is 3.84. The van der Waals surface area contributed by atoms with E-state index in [1.807, 2.05) is 13.0 Å². The van der Waals surface area contributed by atoms with Gasteiger partial charge in [-0.05, 0) is 43.7 Å². The van der Waals surface area contributed by atoms with E-state index in [-0.39, 0.29) is 24.0 Å². The van der Waals surface area contributed by atoms with Crippen LogP contribution in [0, 0.1) is 12.8 Å². The third kappa shape index (κ3) is 3.78. The number of Topliss-reactive ketones (excluding diaryl/α,β-unsaturated/α-hetero) is 1. The van der Waals surface area contributed by atoms with E-state index in [0.717, 1.165) is 11.3 Å². The van der Waals surface area contributed by atoms with Crippen LogP contribution in [0.1, 0.15) is 29.3 Å². The average molecular weight is 371 g/mol. The molecule has 0 aromatic heterocycles. The zero-order chi connectivity index (χ0) is 18.8. The van der Waals surface area contributed by atoms with E-state index in [4.69, 9.17) is 11.6 Å². The van der Waals surface area contributed by atoms with Crippen LogP contribution in [0.5, 0.6) is 0 Å². The van der Waals surface area contributed by atoms with E-state index < -0.39 is 5.92 Å². The summed E-state index contributed by atoms with van der Waals surface area (Å²) in [6.07, 6.45) is 0.143. The number of ketones is 1. The summed E-state index contributed by atoms with van der Waals surface area (Å²) in [5, 5.41) is 3.35. The Hall–Kier alpha value is -2.66. The molecule has 3 rings (SSSR count). The fraction of sp³-hybridized carbons (Fsp3) is 0.250. The van der Waals surface area contributed by atoms with E-state index in [2.05, 4.69) is 5.32 Å². The zero-order valence-electron chi connectivity index (χ0n) is 14.6. The van der Waals surface area contributed by atoms with Crippen molar-refractivity contribution >= 4 is 40.6 Å². The van der Waals surface area contributed by atoms with Gasteiger partial charge in [0.05, 0.1) is 5.92 Å². The summed E-state index contributed by atoms with van der Waals surface area (Å²) >= 11 is 6.04. The van der Waals surface area contributed by atoms with Crippen LogP contribution < -0.4 is 10.2 Å². The number of carbonyl (C=O) groups excluding carboxylic acids is 3. The Kier molecular flexibility index (Phi) is 5.09. The van der Waals surface area contributed by atoms with Crippen molar-refractivity contribution in [1.29, 1.82) is 0 Å². The van der Waals surface area contributed by atoms with Crippen LogP contribution in [-0.2, 0) is 9.59 Å². The van der Waals surface area contributed by atoms with E-state index in [1.165, 1.54) is 6.92 Å². The lowest BCUT2D eigenvalue weighted by molar-refractivity contribution is -0.122. The first kappa shape index (κ1) is 18.1. The van der Waals surface area contributed by atoms with Gasteiger partial charge in [-0.15, -0.1) is 0 Å². The van der Waals surface area contributed by atoms with Gasteiger partial charge in [0.15, 0.2) is 5.78 Å². The number of nitrogens with one attached hydrogen (secondary N) is 1. The first-order chi connectivity index (χ1) is 12.3. The largest absolute Gasteiger partial charge is 0.326 e. The zero-order valence-corrected chi connectivity index (χ0v) is 15.3. The second-order valence-corrected chi connectivity index (χ2v) is 6.90. The van der Waals surface area contributed by atoms with Gasteiger partial charge in [0.1, 0.15) is 0 Å². The van der Waals surface area contributed by atoms with Crippen LogP contribution >= 0.6 is 11.6 Å². The smallest absolute Gasteiger partial charge is 0.229 e. The molecule has 1 saturated heterocycles. The molecule has 1 heterocycles. The highest BCUT2D eigenvalue weighted by Crippen LogP contribution is 2.30. The minimum absolute atomic E-state index is 0.0697. The van der Waals surface area contributed by atoms with Crippen molar-refractivity contribution < 1.29 is 14.4 Å². The minimum atomic E-state index is -0.457. The first-order valence-corrected chi connectivity index (χ1v) is 8.71. The molecular formula is C20H19ClN2O3. The van der Waals surface area contributed by atoms with Crippen molar-refractivity contribution in [2.75, 3.05) is 16.8 Å². The summed E-state index contributed by atoms with van der Waals surface area (Å²) in [7, 11) is 0. The maximum Gasteiger partial charge on any atom is 0.229 e. The van der Waals surface area contributed by atoms with Crippen LogP contribution in [0.2, 0.25) is 5.02 Å². The van der Waals surface area contributed by atoms with Crippen molar-refractivity contribution in [1.82, 2.24) is 0 Å². The van der Waals surface area contributed by atoms with Crippen molar-refractivity contribution in [3.63, 3.8) is 0 Å². The van der Waals surface area contributed by atoms with E-state index in [0.29, 0.717) is 22.8 Å². The third-order valence-electron chi connectivity index (χ3n) is 4.49. The number of hydrogen-bond donors (Lipinski definition) is 1. The molecule has 0 radical (unpaired) electrons. The molecule has 2 amide bonds. The van der Waals surface area contributed by atoms with E-state index in [1.54, 1.807) is 41.3 Å². The van der Waals surface area contributed by atoms with Crippen LogP contribution in [0.15, 0.2) is 42.5 Å². The van der Waals surface area contributed by atoms with Gasteiger partial charge in [0, 0.05) is 34.9 Å². The van der Waals surface area contributed by atoms with E-state index >= 15 is 0 Å². The summed E-state index contributed by atoms with van der Waals surface area (Å²) in [5.41, 5.74) is 2.74. The van der Waals surface area contributed by atoms with Gasteiger partial charge in [0.2, 0.25) is 11.8 Å². The molecule has 0 saturated carbocycles. The molecule has 0 aliphatic carbocycles. The van der Waals surface area contributed by atoms with Gasteiger partial charge in [0.25, 0.3) is 0 Å². The normalized spacial score (nSPS) is 16.7. The molecule has 1 aliphatic rings. The van der Waals surface area contributed by atoms with Crippen LogP contribution in [-0.4, -0.2) is 24.1 Å². The highest BCUT2D eigenvalue weighted by Gasteiger charge is 2.35. The maximum atomic E-state index is 12.6.